The van der Waals surface area contributed by atoms with E-state index in [4.69, 9.17) is 16.3 Å². The van der Waals surface area contributed by atoms with Crippen LogP contribution < -0.4 is 9.64 Å². The summed E-state index contributed by atoms with van der Waals surface area (Å²) in [6.07, 6.45) is 3.84. The Morgan fingerprint density at radius 2 is 1.84 bits per heavy atom. The fourth-order valence-corrected chi connectivity index (χ4v) is 4.84. The summed E-state index contributed by atoms with van der Waals surface area (Å²) in [5, 5.41) is 18.6. The van der Waals surface area contributed by atoms with Gasteiger partial charge in [0.25, 0.3) is 0 Å². The first-order valence-electron chi connectivity index (χ1n) is 10.9. The molecule has 0 atom stereocenters. The van der Waals surface area contributed by atoms with Crippen LogP contribution in [-0.2, 0) is 12.5 Å². The number of hydrogen-bond acceptors (Lipinski definition) is 5. The Labute approximate surface area is 191 Å². The lowest BCUT2D eigenvalue weighted by molar-refractivity contribution is 0.0696. The average molecular weight is 453 g/mol. The molecule has 2 aliphatic rings. The minimum atomic E-state index is -1.06. The molecule has 0 unspecified atom stereocenters. The fourth-order valence-electron chi connectivity index (χ4n) is 4.64. The van der Waals surface area contributed by atoms with Crippen molar-refractivity contribution in [3.63, 3.8) is 0 Å². The normalized spacial score (nSPS) is 17.9. The predicted octanol–water partition coefficient (Wildman–Crippen LogP) is 4.29. The SMILES string of the molecule is Cn1c(N2CCC(Oc3ccc(Cl)c(C(=O)O)c3)CC2)nnc1C1(c2ccccc2)CC1. The molecule has 1 N–H and O–H groups in total. The van der Waals surface area contributed by atoms with Crippen molar-refractivity contribution in [2.24, 2.45) is 7.05 Å². The highest BCUT2D eigenvalue weighted by Gasteiger charge is 2.50. The molecule has 1 saturated heterocycles. The molecule has 8 heteroatoms. The molecule has 1 saturated carbocycles. The summed E-state index contributed by atoms with van der Waals surface area (Å²) in [5.74, 6) is 1.39. The average Bonchev–Trinajstić information content (AvgIpc) is 3.52. The van der Waals surface area contributed by atoms with Gasteiger partial charge in [0.2, 0.25) is 5.95 Å². The summed E-state index contributed by atoms with van der Waals surface area (Å²) < 4.78 is 8.19. The van der Waals surface area contributed by atoms with Crippen molar-refractivity contribution in [3.05, 3.63) is 70.5 Å². The van der Waals surface area contributed by atoms with Gasteiger partial charge >= 0.3 is 5.97 Å². The number of carbonyl (C=O) groups is 1. The third-order valence-corrected chi connectivity index (χ3v) is 6.88. The largest absolute Gasteiger partial charge is 0.490 e. The minimum Gasteiger partial charge on any atom is -0.490 e. The fraction of sp³-hybridized carbons (Fsp3) is 0.375. The molecule has 0 bridgehead atoms. The van der Waals surface area contributed by atoms with E-state index in [-0.39, 0.29) is 22.1 Å². The van der Waals surface area contributed by atoms with Crippen molar-refractivity contribution in [1.29, 1.82) is 0 Å². The maximum atomic E-state index is 11.3. The van der Waals surface area contributed by atoms with Crippen LogP contribution >= 0.6 is 11.6 Å². The first kappa shape index (κ1) is 20.8. The number of benzene rings is 2. The Morgan fingerprint density at radius 1 is 1.12 bits per heavy atom. The Morgan fingerprint density at radius 3 is 2.50 bits per heavy atom. The maximum Gasteiger partial charge on any atom is 0.337 e. The Balaban J connectivity index is 1.26. The minimum absolute atomic E-state index is 0.0147. The highest BCUT2D eigenvalue weighted by atomic mass is 35.5. The summed E-state index contributed by atoms with van der Waals surface area (Å²) in [5.41, 5.74) is 1.34. The van der Waals surface area contributed by atoms with Gasteiger partial charge in [0.1, 0.15) is 17.7 Å². The second-order valence-electron chi connectivity index (χ2n) is 8.58. The van der Waals surface area contributed by atoms with Gasteiger partial charge in [0.05, 0.1) is 16.0 Å². The van der Waals surface area contributed by atoms with Crippen LogP contribution in [0.2, 0.25) is 5.02 Å². The number of carboxylic acid groups (broad SMARTS) is 1. The lowest BCUT2D eigenvalue weighted by atomic mass is 9.95. The quantitative estimate of drug-likeness (QED) is 0.600. The number of halogens is 1. The summed E-state index contributed by atoms with van der Waals surface area (Å²) in [4.78, 5) is 13.6. The number of anilines is 1. The van der Waals surface area contributed by atoms with Gasteiger partial charge in [-0.2, -0.15) is 0 Å². The smallest absolute Gasteiger partial charge is 0.337 e. The summed E-state index contributed by atoms with van der Waals surface area (Å²) in [7, 11) is 2.05. The highest BCUT2D eigenvalue weighted by molar-refractivity contribution is 6.33. The van der Waals surface area contributed by atoms with E-state index in [0.717, 1.165) is 50.5 Å². The van der Waals surface area contributed by atoms with Gasteiger partial charge < -0.3 is 14.7 Å². The van der Waals surface area contributed by atoms with Crippen molar-refractivity contribution in [2.45, 2.75) is 37.2 Å². The Kier molecular flexibility index (Phi) is 5.29. The molecule has 0 spiro atoms. The van der Waals surface area contributed by atoms with Crippen LogP contribution in [-0.4, -0.2) is 45.0 Å². The van der Waals surface area contributed by atoms with Gasteiger partial charge in [0.15, 0.2) is 0 Å². The third-order valence-electron chi connectivity index (χ3n) is 6.55. The number of rotatable bonds is 6. The zero-order valence-corrected chi connectivity index (χ0v) is 18.6. The van der Waals surface area contributed by atoms with E-state index in [9.17, 15) is 9.90 Å². The van der Waals surface area contributed by atoms with Crippen LogP contribution in [0.5, 0.6) is 5.75 Å². The molecule has 1 aliphatic carbocycles. The number of ether oxygens (including phenoxy) is 1. The van der Waals surface area contributed by atoms with Crippen LogP contribution in [0.3, 0.4) is 0 Å². The second-order valence-corrected chi connectivity index (χ2v) is 8.99. The summed E-state index contributed by atoms with van der Waals surface area (Å²) in [6.45, 7) is 1.60. The molecule has 2 aromatic carbocycles. The number of piperidine rings is 1. The number of nitrogens with zero attached hydrogens (tertiary/aromatic N) is 4. The lowest BCUT2D eigenvalue weighted by Gasteiger charge is -2.32. The number of aromatic nitrogens is 3. The molecule has 166 valence electrons. The molecule has 32 heavy (non-hydrogen) atoms. The van der Waals surface area contributed by atoms with Gasteiger partial charge in [-0.3, -0.25) is 4.57 Å². The highest BCUT2D eigenvalue weighted by Crippen LogP contribution is 2.53. The van der Waals surface area contributed by atoms with E-state index in [1.54, 1.807) is 12.1 Å². The molecule has 2 fully saturated rings. The van der Waals surface area contributed by atoms with Crippen LogP contribution in [0.4, 0.5) is 5.95 Å². The molecule has 3 aromatic rings. The van der Waals surface area contributed by atoms with Gasteiger partial charge in [-0.05, 0) is 36.6 Å². The Hall–Kier alpha value is -3.06. The van der Waals surface area contributed by atoms with Crippen molar-refractivity contribution in [2.75, 3.05) is 18.0 Å². The van der Waals surface area contributed by atoms with Crippen LogP contribution in [0.1, 0.15) is 47.4 Å². The molecule has 0 amide bonds. The third kappa shape index (κ3) is 3.71. The first-order chi connectivity index (χ1) is 15.5. The van der Waals surface area contributed by atoms with E-state index >= 15 is 0 Å². The first-order valence-corrected chi connectivity index (χ1v) is 11.3. The zero-order chi connectivity index (χ0) is 22.3. The van der Waals surface area contributed by atoms with Crippen LogP contribution in [0.25, 0.3) is 0 Å². The standard InChI is InChI=1S/C24H25ClN4O3/c1-28-22(24(11-12-24)16-5-3-2-4-6-16)26-27-23(28)29-13-9-17(10-14-29)32-18-7-8-20(25)19(15-18)21(30)31/h2-8,15,17H,9-14H2,1H3,(H,30,31). The van der Waals surface area contributed by atoms with Crippen molar-refractivity contribution in [1.82, 2.24) is 14.8 Å². The van der Waals surface area contributed by atoms with Gasteiger partial charge in [-0.25, -0.2) is 4.79 Å². The molecule has 7 nitrogen and oxygen atoms in total. The molecular formula is C24H25ClN4O3. The number of hydrogen-bond donors (Lipinski definition) is 1. The molecular weight excluding hydrogens is 428 g/mol. The lowest BCUT2D eigenvalue weighted by Crippen LogP contribution is -2.39. The maximum absolute atomic E-state index is 11.3. The molecule has 1 aromatic heterocycles. The van der Waals surface area contributed by atoms with E-state index in [1.165, 1.54) is 11.6 Å². The monoisotopic (exact) mass is 452 g/mol. The molecule has 0 radical (unpaired) electrons. The van der Waals surface area contributed by atoms with E-state index in [1.807, 2.05) is 6.07 Å². The van der Waals surface area contributed by atoms with Crippen LogP contribution in [0, 0.1) is 0 Å². The van der Waals surface area contributed by atoms with Crippen molar-refractivity contribution < 1.29 is 14.6 Å². The van der Waals surface area contributed by atoms with E-state index in [2.05, 4.69) is 51.0 Å². The summed E-state index contributed by atoms with van der Waals surface area (Å²) >= 11 is 5.95. The Bertz CT molecular complexity index is 1140. The topological polar surface area (TPSA) is 80.5 Å². The number of aromatic carboxylic acids is 1. The van der Waals surface area contributed by atoms with Gasteiger partial charge in [-0.15, -0.1) is 10.2 Å². The van der Waals surface area contributed by atoms with Crippen molar-refractivity contribution in [3.8, 4) is 5.75 Å². The number of carboxylic acids is 1. The molecule has 5 rings (SSSR count). The summed E-state index contributed by atoms with van der Waals surface area (Å²) in [6, 6.07) is 15.3. The predicted molar refractivity (Wildman–Crippen MR) is 122 cm³/mol. The second kappa shape index (κ2) is 8.13. The van der Waals surface area contributed by atoms with Crippen molar-refractivity contribution >= 4 is 23.5 Å². The van der Waals surface area contributed by atoms with E-state index < -0.39 is 5.97 Å². The van der Waals surface area contributed by atoms with Gasteiger partial charge in [-0.1, -0.05) is 41.9 Å². The molecule has 2 heterocycles. The zero-order valence-electron chi connectivity index (χ0n) is 17.9. The molecule has 1 aliphatic heterocycles. The van der Waals surface area contributed by atoms with Gasteiger partial charge in [0, 0.05) is 33.0 Å². The van der Waals surface area contributed by atoms with Crippen LogP contribution in [0.15, 0.2) is 48.5 Å². The van der Waals surface area contributed by atoms with E-state index in [0.29, 0.717) is 5.75 Å².